The number of nitrogens with one attached hydrogen (secondary N) is 1. The molecule has 1 aromatic carbocycles. The van der Waals surface area contributed by atoms with E-state index in [9.17, 15) is 14.9 Å². The van der Waals surface area contributed by atoms with Gasteiger partial charge in [0.1, 0.15) is 5.01 Å². The standard InChI is InChI=1S/C17H18N4O3S/c22-15(10-9-12-5-4-8-14(11-12)21(23)24)18-17-20-19-16(25-17)13-6-2-1-3-7-13/h4-5,8-11,13H,1-3,6-7H2,(H,18,20,22). The van der Waals surface area contributed by atoms with Crippen molar-refractivity contribution in [3.63, 3.8) is 0 Å². The maximum absolute atomic E-state index is 12.0. The molecule has 8 heteroatoms. The number of hydrogen-bond acceptors (Lipinski definition) is 6. The summed E-state index contributed by atoms with van der Waals surface area (Å²) in [6.45, 7) is 0. The Hall–Kier alpha value is -2.61. The van der Waals surface area contributed by atoms with Crippen LogP contribution in [0.4, 0.5) is 10.8 Å². The van der Waals surface area contributed by atoms with E-state index >= 15 is 0 Å². The Morgan fingerprint density at radius 1 is 1.28 bits per heavy atom. The highest BCUT2D eigenvalue weighted by molar-refractivity contribution is 7.15. The Balaban J connectivity index is 1.60. The number of carbonyl (C=O) groups is 1. The van der Waals surface area contributed by atoms with Crippen molar-refractivity contribution in [1.82, 2.24) is 10.2 Å². The molecule has 2 aromatic rings. The van der Waals surface area contributed by atoms with Crippen molar-refractivity contribution in [3.05, 3.63) is 51.0 Å². The highest BCUT2D eigenvalue weighted by Crippen LogP contribution is 2.35. The molecule has 130 valence electrons. The zero-order chi connectivity index (χ0) is 17.6. The minimum absolute atomic E-state index is 0.0104. The molecule has 1 saturated carbocycles. The number of nitrogens with zero attached hydrogens (tertiary/aromatic N) is 3. The summed E-state index contributed by atoms with van der Waals surface area (Å²) in [5, 5.41) is 23.1. The van der Waals surface area contributed by atoms with Crippen LogP contribution in [-0.2, 0) is 4.79 Å². The van der Waals surface area contributed by atoms with E-state index in [1.165, 1.54) is 54.9 Å². The van der Waals surface area contributed by atoms with Gasteiger partial charge in [0.05, 0.1) is 4.92 Å². The summed E-state index contributed by atoms with van der Waals surface area (Å²) in [6, 6.07) is 6.10. The third-order valence-corrected chi connectivity index (χ3v) is 5.13. The molecule has 25 heavy (non-hydrogen) atoms. The van der Waals surface area contributed by atoms with Gasteiger partial charge >= 0.3 is 0 Å². The second-order valence-corrected chi connectivity index (χ2v) is 6.96. The fourth-order valence-electron chi connectivity index (χ4n) is 2.86. The second-order valence-electron chi connectivity index (χ2n) is 5.96. The van der Waals surface area contributed by atoms with E-state index in [1.54, 1.807) is 12.1 Å². The summed E-state index contributed by atoms with van der Waals surface area (Å²) < 4.78 is 0. The van der Waals surface area contributed by atoms with Gasteiger partial charge in [0.15, 0.2) is 0 Å². The van der Waals surface area contributed by atoms with Crippen LogP contribution in [0.15, 0.2) is 30.3 Å². The molecule has 0 radical (unpaired) electrons. The van der Waals surface area contributed by atoms with Crippen LogP contribution in [0, 0.1) is 10.1 Å². The van der Waals surface area contributed by atoms with Crippen molar-refractivity contribution < 1.29 is 9.72 Å². The maximum Gasteiger partial charge on any atom is 0.270 e. The van der Waals surface area contributed by atoms with Crippen LogP contribution in [0.2, 0.25) is 0 Å². The van der Waals surface area contributed by atoms with E-state index < -0.39 is 4.92 Å². The lowest BCUT2D eigenvalue weighted by Gasteiger charge is -2.18. The third-order valence-electron chi connectivity index (χ3n) is 4.13. The summed E-state index contributed by atoms with van der Waals surface area (Å²) in [6.07, 6.45) is 8.85. The van der Waals surface area contributed by atoms with E-state index in [2.05, 4.69) is 15.5 Å². The first-order valence-corrected chi connectivity index (χ1v) is 9.00. The van der Waals surface area contributed by atoms with Crippen molar-refractivity contribution in [3.8, 4) is 0 Å². The maximum atomic E-state index is 12.0. The zero-order valence-electron chi connectivity index (χ0n) is 13.6. The smallest absolute Gasteiger partial charge is 0.270 e. The first-order valence-electron chi connectivity index (χ1n) is 8.19. The Kier molecular flexibility index (Phi) is 5.49. The topological polar surface area (TPSA) is 98.0 Å². The monoisotopic (exact) mass is 358 g/mol. The normalized spacial score (nSPS) is 15.4. The van der Waals surface area contributed by atoms with Crippen molar-refractivity contribution in [2.45, 2.75) is 38.0 Å². The van der Waals surface area contributed by atoms with Crippen molar-refractivity contribution in [1.29, 1.82) is 0 Å². The number of carbonyl (C=O) groups excluding carboxylic acids is 1. The summed E-state index contributed by atoms with van der Waals surface area (Å²) in [7, 11) is 0. The van der Waals surface area contributed by atoms with Gasteiger partial charge in [-0.3, -0.25) is 20.2 Å². The minimum Gasteiger partial charge on any atom is -0.297 e. The molecule has 0 atom stereocenters. The highest BCUT2D eigenvalue weighted by atomic mass is 32.1. The lowest BCUT2D eigenvalue weighted by molar-refractivity contribution is -0.384. The summed E-state index contributed by atoms with van der Waals surface area (Å²) in [5.74, 6) is 0.121. The Morgan fingerprint density at radius 3 is 2.84 bits per heavy atom. The summed E-state index contributed by atoms with van der Waals surface area (Å²) in [4.78, 5) is 22.3. The first kappa shape index (κ1) is 17.2. The van der Waals surface area contributed by atoms with Crippen LogP contribution in [0.5, 0.6) is 0 Å². The molecule has 3 rings (SSSR count). The average molecular weight is 358 g/mol. The molecule has 1 N–H and O–H groups in total. The molecule has 0 unspecified atom stereocenters. The zero-order valence-corrected chi connectivity index (χ0v) is 14.4. The number of benzene rings is 1. The Bertz CT molecular complexity index is 797. The molecule has 0 spiro atoms. The summed E-state index contributed by atoms with van der Waals surface area (Å²) in [5.41, 5.74) is 0.577. The molecule has 0 bridgehead atoms. The molecular weight excluding hydrogens is 340 g/mol. The number of non-ortho nitro benzene ring substituents is 1. The fourth-order valence-corrected chi connectivity index (χ4v) is 3.78. The largest absolute Gasteiger partial charge is 0.297 e. The van der Waals surface area contributed by atoms with Crippen LogP contribution < -0.4 is 5.32 Å². The quantitative estimate of drug-likeness (QED) is 0.492. The molecule has 1 aliphatic rings. The van der Waals surface area contributed by atoms with Crippen molar-refractivity contribution in [2.24, 2.45) is 0 Å². The van der Waals surface area contributed by atoms with Crippen LogP contribution >= 0.6 is 11.3 Å². The minimum atomic E-state index is -0.467. The Labute approximate surface area is 148 Å². The molecular formula is C17H18N4O3S. The van der Waals surface area contributed by atoms with Gasteiger partial charge in [0, 0.05) is 24.1 Å². The van der Waals surface area contributed by atoms with Crippen LogP contribution in [0.1, 0.15) is 48.6 Å². The number of anilines is 1. The van der Waals surface area contributed by atoms with E-state index in [0.717, 1.165) is 17.8 Å². The van der Waals surface area contributed by atoms with Crippen LogP contribution in [0.3, 0.4) is 0 Å². The van der Waals surface area contributed by atoms with E-state index in [0.29, 0.717) is 16.6 Å². The van der Waals surface area contributed by atoms with Gasteiger partial charge in [0.25, 0.3) is 5.69 Å². The fraction of sp³-hybridized carbons (Fsp3) is 0.353. The molecule has 0 aliphatic heterocycles. The molecule has 0 saturated heterocycles. The average Bonchev–Trinajstić information content (AvgIpc) is 3.09. The number of rotatable bonds is 5. The number of hydrogen-bond donors (Lipinski definition) is 1. The predicted molar refractivity (Wildman–Crippen MR) is 96.5 cm³/mol. The number of nitro benzene ring substituents is 1. The van der Waals surface area contributed by atoms with Gasteiger partial charge in [0.2, 0.25) is 11.0 Å². The lowest BCUT2D eigenvalue weighted by atomic mass is 9.90. The van der Waals surface area contributed by atoms with Crippen LogP contribution in [-0.4, -0.2) is 21.0 Å². The number of nitro groups is 1. The van der Waals surface area contributed by atoms with Gasteiger partial charge in [-0.05, 0) is 24.5 Å². The lowest BCUT2D eigenvalue weighted by Crippen LogP contribution is -2.07. The molecule has 1 aromatic heterocycles. The Morgan fingerprint density at radius 2 is 2.08 bits per heavy atom. The molecule has 1 heterocycles. The molecule has 1 aliphatic carbocycles. The van der Waals surface area contributed by atoms with Gasteiger partial charge in [-0.15, -0.1) is 10.2 Å². The highest BCUT2D eigenvalue weighted by Gasteiger charge is 2.19. The molecule has 7 nitrogen and oxygen atoms in total. The SMILES string of the molecule is O=C(C=Cc1cccc([N+](=O)[O-])c1)Nc1nnc(C2CCCCC2)s1. The van der Waals surface area contributed by atoms with E-state index in [-0.39, 0.29) is 11.6 Å². The van der Waals surface area contributed by atoms with Gasteiger partial charge in [-0.25, -0.2) is 0 Å². The summed E-state index contributed by atoms with van der Waals surface area (Å²) >= 11 is 1.42. The predicted octanol–water partition coefficient (Wildman–Crippen LogP) is 4.15. The van der Waals surface area contributed by atoms with E-state index in [4.69, 9.17) is 0 Å². The van der Waals surface area contributed by atoms with Gasteiger partial charge in [-0.2, -0.15) is 0 Å². The second kappa shape index (κ2) is 7.98. The van der Waals surface area contributed by atoms with Gasteiger partial charge < -0.3 is 0 Å². The van der Waals surface area contributed by atoms with Crippen molar-refractivity contribution >= 4 is 34.1 Å². The number of aromatic nitrogens is 2. The van der Waals surface area contributed by atoms with Crippen molar-refractivity contribution in [2.75, 3.05) is 5.32 Å². The first-order chi connectivity index (χ1) is 12.1. The number of amides is 1. The van der Waals surface area contributed by atoms with Gasteiger partial charge in [-0.1, -0.05) is 42.7 Å². The van der Waals surface area contributed by atoms with Crippen LogP contribution in [0.25, 0.3) is 6.08 Å². The van der Waals surface area contributed by atoms with E-state index in [1.807, 2.05) is 0 Å². The third kappa shape index (κ3) is 4.69. The molecule has 1 fully saturated rings. The molecule has 1 amide bonds.